The van der Waals surface area contributed by atoms with Gasteiger partial charge in [-0.2, -0.15) is 0 Å². The molecule has 1 unspecified atom stereocenters. The van der Waals surface area contributed by atoms with Crippen LogP contribution in [0.2, 0.25) is 0 Å². The predicted molar refractivity (Wildman–Crippen MR) is 113 cm³/mol. The first-order chi connectivity index (χ1) is 13.7. The van der Waals surface area contributed by atoms with Crippen molar-refractivity contribution in [2.75, 3.05) is 19.1 Å². The number of nitrogens with zero attached hydrogens (tertiary/aromatic N) is 1. The first kappa shape index (κ1) is 17.1. The molecule has 0 radical (unpaired) electrons. The van der Waals surface area contributed by atoms with E-state index >= 15 is 0 Å². The van der Waals surface area contributed by atoms with Gasteiger partial charge in [-0.05, 0) is 35.4 Å². The van der Waals surface area contributed by atoms with Crippen molar-refractivity contribution < 1.29 is 9.53 Å². The largest absolute Gasteiger partial charge is 0.497 e. The van der Waals surface area contributed by atoms with Crippen LogP contribution in [0.1, 0.15) is 27.4 Å². The molecule has 1 aliphatic carbocycles. The van der Waals surface area contributed by atoms with Crippen LogP contribution >= 0.6 is 11.8 Å². The number of anilines is 1. The molecule has 4 heteroatoms. The zero-order valence-corrected chi connectivity index (χ0v) is 16.5. The number of carbonyl (C=O) groups is 1. The van der Waals surface area contributed by atoms with Gasteiger partial charge >= 0.3 is 0 Å². The fraction of sp³-hybridized carbons (Fsp3) is 0.125. The second-order valence-corrected chi connectivity index (χ2v) is 8.00. The molecule has 28 heavy (non-hydrogen) atoms. The third kappa shape index (κ3) is 2.49. The Morgan fingerprint density at radius 1 is 0.929 bits per heavy atom. The molecule has 0 saturated carbocycles. The van der Waals surface area contributed by atoms with Gasteiger partial charge in [0.1, 0.15) is 5.75 Å². The number of benzene rings is 3. The fourth-order valence-electron chi connectivity index (χ4n) is 4.09. The van der Waals surface area contributed by atoms with E-state index in [2.05, 4.69) is 35.2 Å². The molecule has 1 aliphatic heterocycles. The van der Waals surface area contributed by atoms with E-state index < -0.39 is 0 Å². The number of methoxy groups -OCH3 is 1. The van der Waals surface area contributed by atoms with Crippen LogP contribution in [0.4, 0.5) is 5.69 Å². The van der Waals surface area contributed by atoms with Crippen molar-refractivity contribution in [1.29, 1.82) is 0 Å². The lowest BCUT2D eigenvalue weighted by Gasteiger charge is -2.20. The Bertz CT molecular complexity index is 1120. The smallest absolute Gasteiger partial charge is 0.192 e. The number of hydrogen-bond donors (Lipinski definition) is 0. The number of para-hydroxylation sites is 1. The van der Waals surface area contributed by atoms with Gasteiger partial charge in [0, 0.05) is 29.0 Å². The van der Waals surface area contributed by atoms with E-state index in [0.717, 1.165) is 38.7 Å². The van der Waals surface area contributed by atoms with E-state index in [1.54, 1.807) is 18.9 Å². The second-order valence-electron chi connectivity index (χ2n) is 6.97. The maximum absolute atomic E-state index is 13.5. The van der Waals surface area contributed by atoms with Crippen LogP contribution in [0.15, 0.2) is 88.3 Å². The minimum Gasteiger partial charge on any atom is -0.497 e. The SMILES string of the molecule is COc1ccc(C2C(=C3Sc4ccccc4N3C)C(=O)c3ccccc32)cc1. The summed E-state index contributed by atoms with van der Waals surface area (Å²) in [6.45, 7) is 0. The van der Waals surface area contributed by atoms with Gasteiger partial charge in [-0.1, -0.05) is 60.3 Å². The molecule has 3 aromatic carbocycles. The quantitative estimate of drug-likeness (QED) is 0.547. The lowest BCUT2D eigenvalue weighted by molar-refractivity contribution is 0.103. The number of thioether (sulfide) groups is 1. The van der Waals surface area contributed by atoms with Gasteiger partial charge in [-0.25, -0.2) is 0 Å². The van der Waals surface area contributed by atoms with Gasteiger partial charge in [0.05, 0.1) is 17.8 Å². The predicted octanol–water partition coefficient (Wildman–Crippen LogP) is 5.48. The summed E-state index contributed by atoms with van der Waals surface area (Å²) < 4.78 is 5.32. The van der Waals surface area contributed by atoms with E-state index in [0.29, 0.717) is 0 Å². The number of ether oxygens (including phenoxy) is 1. The topological polar surface area (TPSA) is 29.5 Å². The Kier molecular flexibility index (Phi) is 4.02. The summed E-state index contributed by atoms with van der Waals surface area (Å²) in [7, 11) is 3.71. The molecule has 138 valence electrons. The van der Waals surface area contributed by atoms with Gasteiger partial charge in [0.2, 0.25) is 0 Å². The standard InChI is InChI=1S/C24H19NO2S/c1-25-19-9-5-6-10-20(19)28-24(25)22-21(15-11-13-16(27-2)14-12-15)17-7-3-4-8-18(17)23(22)26/h3-14,21H,1-2H3. The third-order valence-electron chi connectivity index (χ3n) is 5.47. The average Bonchev–Trinajstić information content (AvgIpc) is 3.23. The zero-order chi connectivity index (χ0) is 19.3. The first-order valence-electron chi connectivity index (χ1n) is 9.21. The molecule has 3 aromatic rings. The zero-order valence-electron chi connectivity index (χ0n) is 15.7. The molecule has 0 amide bonds. The molecule has 5 rings (SSSR count). The maximum Gasteiger partial charge on any atom is 0.192 e. The van der Waals surface area contributed by atoms with Crippen LogP contribution in [-0.2, 0) is 0 Å². The lowest BCUT2D eigenvalue weighted by atomic mass is 9.90. The van der Waals surface area contributed by atoms with Crippen molar-refractivity contribution in [3.8, 4) is 5.75 Å². The molecule has 0 fully saturated rings. The normalized spacial score (nSPS) is 20.3. The van der Waals surface area contributed by atoms with Crippen LogP contribution in [0.5, 0.6) is 5.75 Å². The molecule has 2 aliphatic rings. The number of carbonyl (C=O) groups excluding carboxylic acids is 1. The second kappa shape index (κ2) is 6.57. The van der Waals surface area contributed by atoms with E-state index in [1.807, 2.05) is 49.5 Å². The molecule has 0 aromatic heterocycles. The number of hydrogen-bond acceptors (Lipinski definition) is 4. The van der Waals surface area contributed by atoms with Crippen LogP contribution in [0.25, 0.3) is 0 Å². The first-order valence-corrected chi connectivity index (χ1v) is 10.0. The summed E-state index contributed by atoms with van der Waals surface area (Å²) in [5.41, 5.74) is 4.98. The number of ketones is 1. The highest BCUT2D eigenvalue weighted by molar-refractivity contribution is 8.03. The highest BCUT2D eigenvalue weighted by Gasteiger charge is 2.40. The summed E-state index contributed by atoms with van der Waals surface area (Å²) in [4.78, 5) is 16.8. The van der Waals surface area contributed by atoms with Crippen molar-refractivity contribution in [3.05, 3.63) is 100 Å². The average molecular weight is 385 g/mol. The van der Waals surface area contributed by atoms with Crippen molar-refractivity contribution in [1.82, 2.24) is 0 Å². The Hall–Kier alpha value is -2.98. The van der Waals surface area contributed by atoms with E-state index in [1.165, 1.54) is 4.90 Å². The van der Waals surface area contributed by atoms with Gasteiger partial charge in [0.15, 0.2) is 5.78 Å². The van der Waals surface area contributed by atoms with Crippen molar-refractivity contribution >= 4 is 23.2 Å². The van der Waals surface area contributed by atoms with E-state index in [-0.39, 0.29) is 11.7 Å². The third-order valence-corrected chi connectivity index (χ3v) is 6.72. The van der Waals surface area contributed by atoms with Crippen LogP contribution in [0, 0.1) is 0 Å². The summed E-state index contributed by atoms with van der Waals surface area (Å²) in [5, 5.41) is 1.02. The molecule has 3 nitrogen and oxygen atoms in total. The van der Waals surface area contributed by atoms with Crippen LogP contribution in [0.3, 0.4) is 0 Å². The summed E-state index contributed by atoms with van der Waals surface area (Å²) >= 11 is 1.68. The molecule has 1 heterocycles. The molecule has 1 atom stereocenters. The lowest BCUT2D eigenvalue weighted by Crippen LogP contribution is -2.16. The Labute approximate surface area is 168 Å². The number of Topliss-reactive ketones (excluding diaryl/α,β-unsaturated/α-hetero) is 1. The van der Waals surface area contributed by atoms with E-state index in [4.69, 9.17) is 4.74 Å². The van der Waals surface area contributed by atoms with Crippen LogP contribution in [-0.4, -0.2) is 19.9 Å². The Balaban J connectivity index is 1.71. The van der Waals surface area contributed by atoms with Crippen molar-refractivity contribution in [2.24, 2.45) is 0 Å². The van der Waals surface area contributed by atoms with Gasteiger partial charge in [0.25, 0.3) is 0 Å². The number of allylic oxidation sites excluding steroid dienone is 1. The maximum atomic E-state index is 13.5. The molecular formula is C24H19NO2S. The van der Waals surface area contributed by atoms with Crippen molar-refractivity contribution in [3.63, 3.8) is 0 Å². The highest BCUT2D eigenvalue weighted by atomic mass is 32.2. The molecule has 0 saturated heterocycles. The number of rotatable bonds is 2. The minimum absolute atomic E-state index is 0.0751. The molecular weight excluding hydrogens is 366 g/mol. The van der Waals surface area contributed by atoms with Crippen LogP contribution < -0.4 is 9.64 Å². The molecule has 0 bridgehead atoms. The summed E-state index contributed by atoms with van der Waals surface area (Å²) in [6.07, 6.45) is 0. The minimum atomic E-state index is -0.0751. The molecule has 0 N–H and O–H groups in total. The van der Waals surface area contributed by atoms with E-state index in [9.17, 15) is 4.79 Å². The number of fused-ring (bicyclic) bond motifs is 2. The fourth-order valence-corrected chi connectivity index (χ4v) is 5.31. The highest BCUT2D eigenvalue weighted by Crippen LogP contribution is 2.52. The summed E-state index contributed by atoms with van der Waals surface area (Å²) in [5.74, 6) is 0.864. The summed E-state index contributed by atoms with van der Waals surface area (Å²) in [6, 6.07) is 24.3. The molecule has 0 spiro atoms. The van der Waals surface area contributed by atoms with Crippen molar-refractivity contribution in [2.45, 2.75) is 10.8 Å². The Morgan fingerprint density at radius 2 is 1.64 bits per heavy atom. The van der Waals surface area contributed by atoms with Gasteiger partial charge < -0.3 is 9.64 Å². The monoisotopic (exact) mass is 385 g/mol. The van der Waals surface area contributed by atoms with Gasteiger partial charge in [-0.3, -0.25) is 4.79 Å². The van der Waals surface area contributed by atoms with Gasteiger partial charge in [-0.15, -0.1) is 0 Å². The Morgan fingerprint density at radius 3 is 2.39 bits per heavy atom.